The van der Waals surface area contributed by atoms with Gasteiger partial charge in [-0.3, -0.25) is 4.79 Å². The Morgan fingerprint density at radius 2 is 2.10 bits per heavy atom. The third-order valence-corrected chi connectivity index (χ3v) is 5.17. The number of thioether (sulfide) groups is 1. The highest BCUT2D eigenvalue weighted by molar-refractivity contribution is 7.99. The Labute approximate surface area is 176 Å². The van der Waals surface area contributed by atoms with Crippen LogP contribution in [0.2, 0.25) is 5.02 Å². The molecule has 0 saturated heterocycles. The first-order chi connectivity index (χ1) is 13.9. The van der Waals surface area contributed by atoms with Gasteiger partial charge in [0.1, 0.15) is 6.61 Å². The molecule has 0 spiro atoms. The second-order valence-electron chi connectivity index (χ2n) is 6.12. The van der Waals surface area contributed by atoms with Gasteiger partial charge in [-0.1, -0.05) is 47.6 Å². The molecule has 1 atom stereocenters. The Hall–Kier alpha value is -2.78. The van der Waals surface area contributed by atoms with Gasteiger partial charge in [0.15, 0.2) is 17.4 Å². The van der Waals surface area contributed by atoms with E-state index in [1.54, 1.807) is 24.3 Å². The van der Waals surface area contributed by atoms with Crippen molar-refractivity contribution in [2.24, 2.45) is 0 Å². The van der Waals surface area contributed by atoms with E-state index in [1.165, 1.54) is 16.8 Å². The molecular weight excluding hydrogens is 417 g/mol. The lowest BCUT2D eigenvalue weighted by molar-refractivity contribution is -0.119. The first kappa shape index (κ1) is 20.9. The van der Waals surface area contributed by atoms with Gasteiger partial charge in [0.25, 0.3) is 0 Å². The van der Waals surface area contributed by atoms with E-state index in [-0.39, 0.29) is 30.1 Å². The summed E-state index contributed by atoms with van der Waals surface area (Å²) in [5, 5.41) is 11.7. The van der Waals surface area contributed by atoms with Crippen LogP contribution < -0.4 is 15.9 Å². The molecule has 3 rings (SSSR count). The minimum atomic E-state index is -0.476. The molecule has 1 heterocycles. The smallest absolute Gasteiger partial charge is 0.230 e. The Morgan fingerprint density at radius 1 is 1.31 bits per heavy atom. The van der Waals surface area contributed by atoms with Crippen molar-refractivity contribution in [2.75, 3.05) is 11.6 Å². The van der Waals surface area contributed by atoms with Crippen LogP contribution in [0.4, 0.5) is 4.39 Å². The van der Waals surface area contributed by atoms with Gasteiger partial charge in [0.2, 0.25) is 11.1 Å². The number of benzene rings is 2. The molecular formula is C19H19ClFN5O2S. The van der Waals surface area contributed by atoms with E-state index in [0.29, 0.717) is 16.0 Å². The largest absolute Gasteiger partial charge is 0.482 e. The van der Waals surface area contributed by atoms with E-state index in [2.05, 4.69) is 15.5 Å². The number of carbonyl (C=O) groups is 1. The van der Waals surface area contributed by atoms with Crippen LogP contribution in [0.15, 0.2) is 53.7 Å². The van der Waals surface area contributed by atoms with E-state index in [0.717, 1.165) is 17.3 Å². The quantitative estimate of drug-likeness (QED) is 0.416. The van der Waals surface area contributed by atoms with Crippen LogP contribution in [0.5, 0.6) is 5.75 Å². The van der Waals surface area contributed by atoms with Crippen molar-refractivity contribution in [1.82, 2.24) is 20.2 Å². The molecule has 29 heavy (non-hydrogen) atoms. The van der Waals surface area contributed by atoms with Crippen molar-refractivity contribution in [3.8, 4) is 5.75 Å². The molecule has 0 aliphatic heterocycles. The van der Waals surface area contributed by atoms with Crippen LogP contribution in [0.1, 0.15) is 24.4 Å². The van der Waals surface area contributed by atoms with Crippen LogP contribution >= 0.6 is 23.4 Å². The number of nitrogens with one attached hydrogen (secondary N) is 1. The number of hydrogen-bond acceptors (Lipinski definition) is 6. The molecule has 0 aliphatic rings. The Kier molecular flexibility index (Phi) is 6.95. The number of nitrogen functional groups attached to an aromatic ring is 1. The average Bonchev–Trinajstić information content (AvgIpc) is 3.05. The summed E-state index contributed by atoms with van der Waals surface area (Å²) in [6.07, 6.45) is 0. The number of carbonyl (C=O) groups excluding carboxylic acids is 1. The first-order valence-electron chi connectivity index (χ1n) is 8.68. The summed E-state index contributed by atoms with van der Waals surface area (Å²) in [5.74, 6) is 5.80. The molecule has 0 saturated carbocycles. The number of ether oxygens (including phenoxy) is 1. The topological polar surface area (TPSA) is 95.1 Å². The Balaban J connectivity index is 1.52. The van der Waals surface area contributed by atoms with Crippen molar-refractivity contribution in [1.29, 1.82) is 0 Å². The number of hydrogen-bond donors (Lipinski definition) is 2. The van der Waals surface area contributed by atoms with Gasteiger partial charge >= 0.3 is 0 Å². The van der Waals surface area contributed by atoms with Gasteiger partial charge in [0, 0.05) is 5.02 Å². The fourth-order valence-electron chi connectivity index (χ4n) is 2.48. The van der Waals surface area contributed by atoms with Gasteiger partial charge in [-0.15, -0.1) is 10.2 Å². The molecule has 152 valence electrons. The Morgan fingerprint density at radius 3 is 2.86 bits per heavy atom. The van der Waals surface area contributed by atoms with Gasteiger partial charge in [-0.05, 0) is 36.8 Å². The van der Waals surface area contributed by atoms with Crippen LogP contribution in [-0.2, 0) is 11.4 Å². The molecule has 3 aromatic rings. The maximum absolute atomic E-state index is 13.6. The highest BCUT2D eigenvalue weighted by Crippen LogP contribution is 2.20. The molecule has 0 bridgehead atoms. The van der Waals surface area contributed by atoms with Crippen molar-refractivity contribution in [2.45, 2.75) is 24.7 Å². The SMILES string of the molecule is CC(NC(=O)CSc1nnc(COc2ccccc2F)n1N)c1cccc(Cl)c1. The van der Waals surface area contributed by atoms with Crippen molar-refractivity contribution < 1.29 is 13.9 Å². The van der Waals surface area contributed by atoms with Gasteiger partial charge < -0.3 is 15.9 Å². The lowest BCUT2D eigenvalue weighted by atomic mass is 10.1. The molecule has 3 N–H and O–H groups in total. The summed E-state index contributed by atoms with van der Waals surface area (Å²) < 4.78 is 20.2. The maximum Gasteiger partial charge on any atom is 0.230 e. The Bertz CT molecular complexity index is 1000. The molecule has 1 aromatic heterocycles. The summed E-state index contributed by atoms with van der Waals surface area (Å²) in [7, 11) is 0. The number of halogens is 2. The average molecular weight is 436 g/mol. The first-order valence-corrected chi connectivity index (χ1v) is 10.0. The van der Waals surface area contributed by atoms with Crippen molar-refractivity contribution in [3.05, 3.63) is 70.8 Å². The zero-order chi connectivity index (χ0) is 20.8. The van der Waals surface area contributed by atoms with E-state index in [4.69, 9.17) is 22.2 Å². The minimum Gasteiger partial charge on any atom is -0.482 e. The van der Waals surface area contributed by atoms with E-state index < -0.39 is 5.82 Å². The minimum absolute atomic E-state index is 0.0526. The van der Waals surface area contributed by atoms with E-state index in [9.17, 15) is 9.18 Å². The number of aromatic nitrogens is 3. The van der Waals surface area contributed by atoms with Gasteiger partial charge in [-0.2, -0.15) is 0 Å². The third-order valence-electron chi connectivity index (χ3n) is 3.99. The third kappa shape index (κ3) is 5.61. The fourth-order valence-corrected chi connectivity index (χ4v) is 3.37. The monoisotopic (exact) mass is 435 g/mol. The van der Waals surface area contributed by atoms with Gasteiger partial charge in [0.05, 0.1) is 11.8 Å². The number of para-hydroxylation sites is 1. The number of amides is 1. The predicted octanol–water partition coefficient (Wildman–Crippen LogP) is 3.33. The number of rotatable bonds is 8. The zero-order valence-corrected chi connectivity index (χ0v) is 17.1. The fraction of sp³-hybridized carbons (Fsp3) is 0.211. The second kappa shape index (κ2) is 9.62. The molecule has 2 aromatic carbocycles. The van der Waals surface area contributed by atoms with Crippen molar-refractivity contribution >= 4 is 29.3 Å². The lowest BCUT2D eigenvalue weighted by Crippen LogP contribution is -2.28. The van der Waals surface area contributed by atoms with Gasteiger partial charge in [-0.25, -0.2) is 9.07 Å². The maximum atomic E-state index is 13.6. The number of nitrogens with two attached hydrogens (primary N) is 1. The van der Waals surface area contributed by atoms with Crippen molar-refractivity contribution in [3.63, 3.8) is 0 Å². The molecule has 7 nitrogen and oxygen atoms in total. The normalized spacial score (nSPS) is 11.8. The molecule has 0 fully saturated rings. The summed E-state index contributed by atoms with van der Waals surface area (Å²) in [6.45, 7) is 1.82. The molecule has 1 amide bonds. The highest BCUT2D eigenvalue weighted by atomic mass is 35.5. The summed E-state index contributed by atoms with van der Waals surface area (Å²) in [5.41, 5.74) is 0.908. The summed E-state index contributed by atoms with van der Waals surface area (Å²) >= 11 is 7.12. The standard InChI is InChI=1S/C19H19ClFN5O2S/c1-12(13-5-4-6-14(20)9-13)23-18(27)11-29-19-25-24-17(26(19)22)10-28-16-8-3-2-7-15(16)21/h2-9,12H,10-11,22H2,1H3,(H,23,27). The molecule has 10 heteroatoms. The van der Waals surface area contributed by atoms with Crippen LogP contribution in [0.3, 0.4) is 0 Å². The lowest BCUT2D eigenvalue weighted by Gasteiger charge is -2.14. The van der Waals surface area contributed by atoms with E-state index >= 15 is 0 Å². The highest BCUT2D eigenvalue weighted by Gasteiger charge is 2.15. The molecule has 0 radical (unpaired) electrons. The van der Waals surface area contributed by atoms with Crippen LogP contribution in [0.25, 0.3) is 0 Å². The summed E-state index contributed by atoms with van der Waals surface area (Å²) in [6, 6.07) is 13.1. The predicted molar refractivity (Wildman–Crippen MR) is 110 cm³/mol. The van der Waals surface area contributed by atoms with Crippen LogP contribution in [0, 0.1) is 5.82 Å². The molecule has 1 unspecified atom stereocenters. The van der Waals surface area contributed by atoms with Crippen LogP contribution in [-0.4, -0.2) is 26.5 Å². The summed E-state index contributed by atoms with van der Waals surface area (Å²) in [4.78, 5) is 12.2. The zero-order valence-electron chi connectivity index (χ0n) is 15.5. The second-order valence-corrected chi connectivity index (χ2v) is 7.50. The number of nitrogens with zero attached hydrogens (tertiary/aromatic N) is 3. The van der Waals surface area contributed by atoms with E-state index in [1.807, 2.05) is 19.1 Å². The molecule has 0 aliphatic carbocycles.